The lowest BCUT2D eigenvalue weighted by atomic mass is 9.91. The molecule has 45 heavy (non-hydrogen) atoms. The predicted molar refractivity (Wildman–Crippen MR) is 174 cm³/mol. The molecular weight excluding hydrogens is 592 g/mol. The number of aromatic nitrogens is 2. The van der Waals surface area contributed by atoms with Crippen LogP contribution in [0.3, 0.4) is 0 Å². The molecule has 0 radical (unpaired) electrons. The van der Waals surface area contributed by atoms with E-state index >= 15 is 0 Å². The van der Waals surface area contributed by atoms with Gasteiger partial charge in [0.25, 0.3) is 5.91 Å². The highest BCUT2D eigenvalue weighted by molar-refractivity contribution is 7.86. The topological polar surface area (TPSA) is 163 Å². The molecule has 4 aliphatic heterocycles. The van der Waals surface area contributed by atoms with Crippen molar-refractivity contribution in [2.45, 2.75) is 89.6 Å². The fourth-order valence-electron chi connectivity index (χ4n) is 7.07. The van der Waals surface area contributed by atoms with Crippen LogP contribution in [0.4, 0.5) is 0 Å². The molecule has 4 aliphatic rings. The van der Waals surface area contributed by atoms with Gasteiger partial charge in [0, 0.05) is 65.6 Å². The number of aromatic amines is 2. The number of carbonyl (C=O) groups excluding carboxylic acids is 2. The molecule has 0 unspecified atom stereocenters. The van der Waals surface area contributed by atoms with E-state index in [-0.39, 0.29) is 36.1 Å². The van der Waals surface area contributed by atoms with Crippen LogP contribution in [0.25, 0.3) is 6.08 Å². The van der Waals surface area contributed by atoms with Crippen molar-refractivity contribution >= 4 is 29.7 Å². The Labute approximate surface area is 267 Å². The third-order valence-corrected chi connectivity index (χ3v) is 11.2. The lowest BCUT2D eigenvalue weighted by Crippen LogP contribution is -2.30. The molecule has 242 valence electrons. The first-order valence-corrected chi connectivity index (χ1v) is 17.0. The Bertz CT molecular complexity index is 1590. The zero-order valence-electron chi connectivity index (χ0n) is 26.4. The molecule has 0 spiro atoms. The van der Waals surface area contributed by atoms with E-state index in [1.54, 1.807) is 6.08 Å². The number of allylic oxidation sites excluding steroid dienone is 1. The Hall–Kier alpha value is -3.09. The summed E-state index contributed by atoms with van der Waals surface area (Å²) in [5, 5.41) is 36.6. The number of carbonyl (C=O) groups is 2. The van der Waals surface area contributed by atoms with Gasteiger partial charge < -0.3 is 40.7 Å². The van der Waals surface area contributed by atoms with E-state index in [1.807, 2.05) is 20.8 Å². The quantitative estimate of drug-likeness (QED) is 0.0768. The predicted octanol–water partition coefficient (Wildman–Crippen LogP) is 1.91. The molecule has 2 amide bonds. The lowest BCUT2D eigenvalue weighted by Gasteiger charge is -2.12. The second-order valence-electron chi connectivity index (χ2n) is 13.1. The highest BCUT2D eigenvalue weighted by Gasteiger charge is 2.52. The van der Waals surface area contributed by atoms with Gasteiger partial charge in [0.05, 0.1) is 12.0 Å². The van der Waals surface area contributed by atoms with Crippen LogP contribution in [0.2, 0.25) is 0 Å². The molecule has 10 nitrogen and oxygen atoms in total. The average molecular weight is 638 g/mol. The van der Waals surface area contributed by atoms with Crippen LogP contribution in [0.15, 0.2) is 29.5 Å². The van der Waals surface area contributed by atoms with E-state index in [0.29, 0.717) is 49.5 Å². The number of ether oxygens (including phenoxy) is 1. The summed E-state index contributed by atoms with van der Waals surface area (Å²) in [6, 6.07) is -0.144. The summed E-state index contributed by atoms with van der Waals surface area (Å²) in [4.78, 5) is 32.4. The summed E-state index contributed by atoms with van der Waals surface area (Å²) in [7, 11) is 0. The number of thiol groups is 1. The van der Waals surface area contributed by atoms with Gasteiger partial charge in [0.15, 0.2) is 23.1 Å². The minimum Gasteiger partial charge on any atom is -0.368 e. The summed E-state index contributed by atoms with van der Waals surface area (Å²) >= 11 is 1.39. The van der Waals surface area contributed by atoms with Gasteiger partial charge in [0.1, 0.15) is 6.61 Å². The molecule has 3 saturated heterocycles. The van der Waals surface area contributed by atoms with Crippen LogP contribution in [-0.4, -0.2) is 72.8 Å². The van der Waals surface area contributed by atoms with Crippen LogP contribution in [-0.2, 0) is 51.8 Å². The molecule has 2 aromatic heterocycles. The number of hydrogen-bond donors (Lipinski definition) is 7. The highest BCUT2D eigenvalue weighted by Crippen LogP contribution is 2.39. The Balaban J connectivity index is 1.35. The lowest BCUT2D eigenvalue weighted by molar-refractivity contribution is -0.122. The van der Waals surface area contributed by atoms with Crippen molar-refractivity contribution < 1.29 is 29.6 Å². The Morgan fingerprint density at radius 1 is 1.09 bits per heavy atom. The van der Waals surface area contributed by atoms with Crippen molar-refractivity contribution in [2.75, 3.05) is 12.4 Å². The zero-order valence-corrected chi connectivity index (χ0v) is 27.3. The van der Waals surface area contributed by atoms with Crippen molar-refractivity contribution in [1.29, 1.82) is 0 Å². The standard InChI is InChI=1S/C34H44N4O6S/c1-6-20-16(2)25(37-33(20)42)11-23-18(4)22(9-10-34(43)15-44-34)27(35-23)13-26-21(7-8-30(39)40)17(3)24(36-26)12-28-31(29-14-45-29)19(5)32(41)38-28/h6,12,19,25,29-31,35-36,39-40,43H,1,7-11,13-15H2,2-5H3,(H,37,42)(H,38,41)/p+1/b28-12-/t19-,25-,29-,31-,34-/m1/s1. The molecule has 2 aromatic rings. The molecule has 5 atom stereocenters. The van der Waals surface area contributed by atoms with Crippen LogP contribution >= 0.6 is 0 Å². The number of hydrogen-bond acceptors (Lipinski definition) is 6. The summed E-state index contributed by atoms with van der Waals surface area (Å²) in [5.74, 6) is 0.102. The maximum absolute atomic E-state index is 12.6. The number of aliphatic hydroxyl groups is 3. The summed E-state index contributed by atoms with van der Waals surface area (Å²) in [6.45, 7) is 12.2. The molecule has 0 bridgehead atoms. The van der Waals surface area contributed by atoms with Gasteiger partial charge in [0.2, 0.25) is 5.91 Å². The van der Waals surface area contributed by atoms with Crippen LogP contribution in [0.1, 0.15) is 71.7 Å². The molecule has 11 heteroatoms. The second kappa shape index (κ2) is 12.3. The van der Waals surface area contributed by atoms with E-state index < -0.39 is 12.1 Å². The smallest absolute Gasteiger partial charge is 0.251 e. The van der Waals surface area contributed by atoms with Gasteiger partial charge in [-0.2, -0.15) is 0 Å². The minimum atomic E-state index is -1.42. The number of epoxide rings is 1. The van der Waals surface area contributed by atoms with Crippen LogP contribution < -0.4 is 10.6 Å². The maximum atomic E-state index is 12.6. The van der Waals surface area contributed by atoms with E-state index in [0.717, 1.165) is 62.1 Å². The SMILES string of the molecule is C=CC1=C(C)[C@@H](Cc2[nH]c(Cc3[nH]c(/C=C4\NC(=O)[C@H](C)[C@H]4[C@H]4C[SH+]4)c(C)c3CCC(O)O)c(CC[C@]3(O)CO3)c2C)NC1=O. The van der Waals surface area contributed by atoms with Crippen molar-refractivity contribution in [1.82, 2.24) is 20.6 Å². The molecular formula is C34H45N4O6S+. The number of rotatable bonds is 13. The summed E-state index contributed by atoms with van der Waals surface area (Å²) in [6.07, 6.45) is 5.15. The number of nitrogens with one attached hydrogen (secondary N) is 4. The van der Waals surface area contributed by atoms with Crippen LogP contribution in [0.5, 0.6) is 0 Å². The zero-order chi connectivity index (χ0) is 32.2. The number of aliphatic hydroxyl groups excluding tert-OH is 1. The normalized spacial score (nSPS) is 28.4. The van der Waals surface area contributed by atoms with Crippen molar-refractivity contribution in [3.05, 3.63) is 74.5 Å². The fourth-order valence-corrected chi connectivity index (χ4v) is 8.06. The Kier molecular flexibility index (Phi) is 8.68. The van der Waals surface area contributed by atoms with E-state index in [1.165, 1.54) is 11.8 Å². The molecule has 6 heterocycles. The Morgan fingerprint density at radius 2 is 1.78 bits per heavy atom. The first-order chi connectivity index (χ1) is 21.4. The van der Waals surface area contributed by atoms with Gasteiger partial charge >= 0.3 is 0 Å². The monoisotopic (exact) mass is 637 g/mol. The molecule has 0 aliphatic carbocycles. The van der Waals surface area contributed by atoms with E-state index in [2.05, 4.69) is 40.2 Å². The molecule has 0 aromatic carbocycles. The maximum Gasteiger partial charge on any atom is 0.251 e. The second-order valence-corrected chi connectivity index (χ2v) is 14.5. The van der Waals surface area contributed by atoms with Crippen LogP contribution in [0, 0.1) is 25.7 Å². The summed E-state index contributed by atoms with van der Waals surface area (Å²) in [5.41, 5.74) is 10.7. The van der Waals surface area contributed by atoms with E-state index in [4.69, 9.17) is 4.74 Å². The van der Waals surface area contributed by atoms with Gasteiger partial charge in [-0.1, -0.05) is 19.6 Å². The van der Waals surface area contributed by atoms with Gasteiger partial charge in [-0.15, -0.1) is 0 Å². The van der Waals surface area contributed by atoms with Gasteiger partial charge in [-0.3, -0.25) is 9.59 Å². The van der Waals surface area contributed by atoms with Crippen molar-refractivity contribution in [3.8, 4) is 0 Å². The van der Waals surface area contributed by atoms with Crippen molar-refractivity contribution in [3.63, 3.8) is 0 Å². The number of amides is 2. The molecule has 7 N–H and O–H groups in total. The third kappa shape index (κ3) is 6.46. The number of H-pyrrole nitrogens is 2. The molecule has 6 rings (SSSR count). The van der Waals surface area contributed by atoms with Gasteiger partial charge in [-0.05, 0) is 79.3 Å². The van der Waals surface area contributed by atoms with Gasteiger partial charge in [-0.25, -0.2) is 0 Å². The minimum absolute atomic E-state index is 0.0606. The highest BCUT2D eigenvalue weighted by atomic mass is 32.2. The summed E-state index contributed by atoms with van der Waals surface area (Å²) < 4.78 is 5.27. The third-order valence-electron chi connectivity index (χ3n) is 10.1. The first-order valence-electron chi connectivity index (χ1n) is 15.8. The fraction of sp³-hybridized carbons (Fsp3) is 0.529. The van der Waals surface area contributed by atoms with E-state index in [9.17, 15) is 24.9 Å². The molecule has 3 fully saturated rings. The Morgan fingerprint density at radius 3 is 2.40 bits per heavy atom. The largest absolute Gasteiger partial charge is 0.368 e. The van der Waals surface area contributed by atoms with Crippen molar-refractivity contribution in [2.24, 2.45) is 11.8 Å². The first kappa shape index (κ1) is 31.9. The average Bonchev–Trinajstić information content (AvgIpc) is 3.86. The molecule has 0 saturated carbocycles.